The molecule has 0 spiro atoms. The molecule has 2 heterocycles. The van der Waals surface area contributed by atoms with Crippen molar-refractivity contribution in [1.82, 2.24) is 15.4 Å². The number of hydrazine groups is 1. The Hall–Kier alpha value is -1.24. The summed E-state index contributed by atoms with van der Waals surface area (Å²) in [5.41, 5.74) is 3.09. The third kappa shape index (κ3) is 2.24. The molecule has 6 nitrogen and oxygen atoms in total. The van der Waals surface area contributed by atoms with Crippen molar-refractivity contribution in [2.75, 3.05) is 13.7 Å². The van der Waals surface area contributed by atoms with Crippen molar-refractivity contribution in [3.63, 3.8) is 0 Å². The van der Waals surface area contributed by atoms with E-state index in [0.717, 1.165) is 19.4 Å². The fraction of sp³-hybridized carbons (Fsp3) is 0.636. The minimum absolute atomic E-state index is 0.228. The van der Waals surface area contributed by atoms with E-state index >= 15 is 0 Å². The average molecular weight is 238 g/mol. The maximum absolute atomic E-state index is 5.78. The first-order chi connectivity index (χ1) is 8.21. The Labute approximate surface area is 101 Å². The number of hydrogen-bond donors (Lipinski definition) is 2. The molecule has 6 heteroatoms. The Morgan fingerprint density at radius 1 is 1.53 bits per heavy atom. The van der Waals surface area contributed by atoms with Gasteiger partial charge in [0.05, 0.1) is 18.8 Å². The molecule has 1 aliphatic heterocycles. The van der Waals surface area contributed by atoms with Crippen LogP contribution in [0.2, 0.25) is 0 Å². The molecule has 0 amide bonds. The van der Waals surface area contributed by atoms with Crippen LogP contribution < -0.4 is 16.0 Å². The second-order valence-corrected chi connectivity index (χ2v) is 4.32. The molecule has 0 radical (unpaired) electrons. The summed E-state index contributed by atoms with van der Waals surface area (Å²) in [5.74, 6) is 6.12. The number of ether oxygens (including phenoxy) is 2. The Morgan fingerprint density at radius 3 is 2.88 bits per heavy atom. The zero-order chi connectivity index (χ0) is 12.3. The van der Waals surface area contributed by atoms with Crippen LogP contribution in [0.25, 0.3) is 0 Å². The highest BCUT2D eigenvalue weighted by molar-refractivity contribution is 5.24. The van der Waals surface area contributed by atoms with Gasteiger partial charge >= 0.3 is 0 Å². The molecule has 2 unspecified atom stereocenters. The van der Waals surface area contributed by atoms with Crippen LogP contribution in [-0.2, 0) is 4.74 Å². The van der Waals surface area contributed by atoms with E-state index < -0.39 is 0 Å². The van der Waals surface area contributed by atoms with Gasteiger partial charge in [-0.15, -0.1) is 0 Å². The van der Waals surface area contributed by atoms with Crippen molar-refractivity contribution in [1.29, 1.82) is 0 Å². The number of rotatable bonds is 4. The molecule has 3 N–H and O–H groups in total. The van der Waals surface area contributed by atoms with Gasteiger partial charge in [0.2, 0.25) is 5.88 Å². The van der Waals surface area contributed by atoms with Gasteiger partial charge < -0.3 is 9.47 Å². The van der Waals surface area contributed by atoms with E-state index in [0.29, 0.717) is 11.6 Å². The number of hydrogen-bond acceptors (Lipinski definition) is 6. The maximum Gasteiger partial charge on any atom is 0.237 e. The molecule has 94 valence electrons. The fourth-order valence-electron chi connectivity index (χ4n) is 2.26. The molecule has 17 heavy (non-hydrogen) atoms. The largest absolute Gasteiger partial charge is 0.480 e. The van der Waals surface area contributed by atoms with Crippen molar-refractivity contribution in [2.45, 2.75) is 31.4 Å². The van der Waals surface area contributed by atoms with Crippen molar-refractivity contribution in [2.24, 2.45) is 5.84 Å². The molecule has 0 bridgehead atoms. The van der Waals surface area contributed by atoms with Gasteiger partial charge in [-0.2, -0.15) is 0 Å². The van der Waals surface area contributed by atoms with E-state index in [4.69, 9.17) is 15.3 Å². The first-order valence-corrected chi connectivity index (χ1v) is 5.66. The molecule has 1 aromatic heterocycles. The second kappa shape index (κ2) is 4.95. The van der Waals surface area contributed by atoms with Gasteiger partial charge in [-0.1, -0.05) is 0 Å². The monoisotopic (exact) mass is 238 g/mol. The average Bonchev–Trinajstić information content (AvgIpc) is 2.78. The van der Waals surface area contributed by atoms with Crippen LogP contribution in [0.1, 0.15) is 31.5 Å². The van der Waals surface area contributed by atoms with Crippen LogP contribution in [0.5, 0.6) is 5.88 Å². The third-order valence-electron chi connectivity index (χ3n) is 3.18. The van der Waals surface area contributed by atoms with Gasteiger partial charge in [0.15, 0.2) is 0 Å². The van der Waals surface area contributed by atoms with Crippen molar-refractivity contribution >= 4 is 0 Å². The summed E-state index contributed by atoms with van der Waals surface area (Å²) >= 11 is 0. The summed E-state index contributed by atoms with van der Waals surface area (Å²) in [6.45, 7) is 2.77. The summed E-state index contributed by atoms with van der Waals surface area (Å²) in [7, 11) is 1.57. The first-order valence-electron chi connectivity index (χ1n) is 5.66. The highest BCUT2D eigenvalue weighted by Gasteiger charge is 2.41. The van der Waals surface area contributed by atoms with Crippen LogP contribution in [0.15, 0.2) is 12.4 Å². The lowest BCUT2D eigenvalue weighted by Crippen LogP contribution is -2.45. The van der Waals surface area contributed by atoms with Crippen LogP contribution in [0, 0.1) is 0 Å². The number of aromatic nitrogens is 2. The zero-order valence-corrected chi connectivity index (χ0v) is 10.1. The molecule has 1 aromatic rings. The number of nitrogens with zero attached hydrogens (tertiary/aromatic N) is 2. The molecule has 0 aliphatic carbocycles. The fourth-order valence-corrected chi connectivity index (χ4v) is 2.26. The van der Waals surface area contributed by atoms with Crippen molar-refractivity contribution in [3.8, 4) is 5.88 Å². The van der Waals surface area contributed by atoms with Gasteiger partial charge in [-0.3, -0.25) is 10.8 Å². The lowest BCUT2D eigenvalue weighted by Gasteiger charge is -2.32. The molecular formula is C11H18N4O2. The first kappa shape index (κ1) is 12.2. The topological polar surface area (TPSA) is 82.3 Å². The van der Waals surface area contributed by atoms with Gasteiger partial charge in [0.1, 0.15) is 5.69 Å². The smallest absolute Gasteiger partial charge is 0.237 e. The van der Waals surface area contributed by atoms with Gasteiger partial charge in [-0.25, -0.2) is 10.4 Å². The Bertz CT molecular complexity index is 379. The summed E-state index contributed by atoms with van der Waals surface area (Å²) in [5, 5.41) is 0. The normalized spacial score (nSPS) is 25.8. The molecule has 1 saturated heterocycles. The van der Waals surface area contributed by atoms with Gasteiger partial charge in [0, 0.05) is 19.0 Å². The summed E-state index contributed by atoms with van der Waals surface area (Å²) in [6, 6.07) is -0.228. The SMILES string of the molecule is COc1nccnc1C(NN)C1(C)CCCO1. The summed E-state index contributed by atoms with van der Waals surface area (Å²) in [4.78, 5) is 8.43. The zero-order valence-electron chi connectivity index (χ0n) is 10.1. The molecular weight excluding hydrogens is 220 g/mol. The molecule has 2 atom stereocenters. The van der Waals surface area contributed by atoms with E-state index in [-0.39, 0.29) is 11.6 Å². The summed E-state index contributed by atoms with van der Waals surface area (Å²) < 4.78 is 11.0. The Balaban J connectivity index is 2.34. The molecule has 1 aliphatic rings. The van der Waals surface area contributed by atoms with E-state index in [2.05, 4.69) is 15.4 Å². The quantitative estimate of drug-likeness (QED) is 0.589. The van der Waals surface area contributed by atoms with Crippen molar-refractivity contribution < 1.29 is 9.47 Å². The van der Waals surface area contributed by atoms with Gasteiger partial charge in [-0.05, 0) is 19.8 Å². The number of nitrogens with two attached hydrogens (primary N) is 1. The second-order valence-electron chi connectivity index (χ2n) is 4.32. The molecule has 0 aromatic carbocycles. The number of nitrogens with one attached hydrogen (secondary N) is 1. The summed E-state index contributed by atoms with van der Waals surface area (Å²) in [6.07, 6.45) is 5.17. The highest BCUT2D eigenvalue weighted by Crippen LogP contribution is 2.38. The van der Waals surface area contributed by atoms with Crippen LogP contribution in [0.4, 0.5) is 0 Å². The lowest BCUT2D eigenvalue weighted by atomic mass is 9.91. The molecule has 1 fully saturated rings. The third-order valence-corrected chi connectivity index (χ3v) is 3.18. The van der Waals surface area contributed by atoms with E-state index in [1.807, 2.05) is 6.92 Å². The molecule has 0 saturated carbocycles. The highest BCUT2D eigenvalue weighted by atomic mass is 16.5. The van der Waals surface area contributed by atoms with Gasteiger partial charge in [0.25, 0.3) is 0 Å². The Kier molecular flexibility index (Phi) is 3.56. The Morgan fingerprint density at radius 2 is 2.29 bits per heavy atom. The minimum Gasteiger partial charge on any atom is -0.480 e. The number of methoxy groups -OCH3 is 1. The van der Waals surface area contributed by atoms with Crippen LogP contribution in [-0.4, -0.2) is 29.3 Å². The predicted octanol–water partition coefficient (Wildman–Crippen LogP) is 0.559. The van der Waals surface area contributed by atoms with Crippen LogP contribution >= 0.6 is 0 Å². The maximum atomic E-state index is 5.78. The van der Waals surface area contributed by atoms with Crippen LogP contribution in [0.3, 0.4) is 0 Å². The predicted molar refractivity (Wildman–Crippen MR) is 62.2 cm³/mol. The van der Waals surface area contributed by atoms with E-state index in [9.17, 15) is 0 Å². The molecule has 2 rings (SSSR count). The van der Waals surface area contributed by atoms with Crippen molar-refractivity contribution in [3.05, 3.63) is 18.1 Å². The van der Waals surface area contributed by atoms with E-state index in [1.54, 1.807) is 19.5 Å². The minimum atomic E-state index is -0.363. The lowest BCUT2D eigenvalue weighted by molar-refractivity contribution is -0.0144. The standard InChI is InChI=1S/C11H18N4O2/c1-11(4-3-7-17-11)9(15-12)8-10(16-2)14-6-5-13-8/h5-6,9,15H,3-4,7,12H2,1-2H3. The van der Waals surface area contributed by atoms with E-state index in [1.165, 1.54) is 0 Å².